The molecule has 0 amide bonds. The third-order valence-corrected chi connectivity index (χ3v) is 3.66. The fourth-order valence-electron chi connectivity index (χ4n) is 2.42. The van der Waals surface area contributed by atoms with Gasteiger partial charge in [0.2, 0.25) is 0 Å². The second-order valence-electron chi connectivity index (χ2n) is 5.03. The molecule has 0 radical (unpaired) electrons. The molecule has 0 aliphatic carbocycles. The van der Waals surface area contributed by atoms with Crippen molar-refractivity contribution in [3.63, 3.8) is 0 Å². The van der Waals surface area contributed by atoms with Crippen molar-refractivity contribution in [2.24, 2.45) is 14.1 Å². The maximum atomic E-state index is 12.0. The Hall–Kier alpha value is -2.07. The topological polar surface area (TPSA) is 89.0 Å². The van der Waals surface area contributed by atoms with Crippen molar-refractivity contribution in [2.75, 3.05) is 11.9 Å². The van der Waals surface area contributed by atoms with E-state index in [1.54, 1.807) is 0 Å². The van der Waals surface area contributed by atoms with Crippen molar-refractivity contribution in [1.29, 1.82) is 5.26 Å². The lowest BCUT2D eigenvalue weighted by Gasteiger charge is -2.23. The monoisotopic (exact) mass is 278 g/mol. The van der Waals surface area contributed by atoms with Gasteiger partial charge in [0.25, 0.3) is 5.56 Å². The number of rotatable bonds is 3. The zero-order valence-corrected chi connectivity index (χ0v) is 11.8. The molecule has 1 aliphatic rings. The van der Waals surface area contributed by atoms with Crippen LogP contribution in [0.5, 0.6) is 0 Å². The minimum atomic E-state index is -0.586. The highest BCUT2D eigenvalue weighted by molar-refractivity contribution is 5.51. The molecule has 1 N–H and O–H groups in total. The van der Waals surface area contributed by atoms with Crippen LogP contribution in [0.4, 0.5) is 5.82 Å². The third kappa shape index (κ3) is 2.34. The maximum Gasteiger partial charge on any atom is 0.332 e. The fraction of sp³-hybridized carbons (Fsp3) is 0.615. The van der Waals surface area contributed by atoms with Crippen LogP contribution >= 0.6 is 0 Å². The normalized spacial score (nSPS) is 19.6. The van der Waals surface area contributed by atoms with Crippen LogP contribution in [0.1, 0.15) is 25.3 Å². The summed E-state index contributed by atoms with van der Waals surface area (Å²) in [6, 6.07) is 1.79. The lowest BCUT2D eigenvalue weighted by atomic mass is 10.1. The number of hydrogen-bond donors (Lipinski definition) is 1. The first kappa shape index (κ1) is 14.3. The van der Waals surface area contributed by atoms with Crippen molar-refractivity contribution >= 4 is 5.82 Å². The molecule has 0 bridgehead atoms. The molecule has 7 heteroatoms. The Morgan fingerprint density at radius 3 is 2.65 bits per heavy atom. The van der Waals surface area contributed by atoms with Crippen molar-refractivity contribution in [2.45, 2.75) is 31.9 Å². The Morgan fingerprint density at radius 1 is 1.40 bits per heavy atom. The summed E-state index contributed by atoms with van der Waals surface area (Å²) in [4.78, 5) is 23.9. The first-order chi connectivity index (χ1) is 9.47. The highest BCUT2D eigenvalue weighted by Crippen LogP contribution is 2.19. The van der Waals surface area contributed by atoms with Gasteiger partial charge in [-0.25, -0.2) is 4.79 Å². The van der Waals surface area contributed by atoms with Gasteiger partial charge >= 0.3 is 5.69 Å². The molecule has 0 aromatic carbocycles. The lowest BCUT2D eigenvalue weighted by Crippen LogP contribution is -2.42. The SMILES string of the molecule is C[C@@H](Nc1c(C#N)c(=O)n(C)c(=O)n1C)[C@@H]1CCCO1. The predicted molar refractivity (Wildman–Crippen MR) is 73.7 cm³/mol. The van der Waals surface area contributed by atoms with E-state index < -0.39 is 11.2 Å². The predicted octanol–water partition coefficient (Wildman–Crippen LogP) is -0.0649. The molecule has 20 heavy (non-hydrogen) atoms. The quantitative estimate of drug-likeness (QED) is 0.836. The molecule has 2 rings (SSSR count). The average Bonchev–Trinajstić information content (AvgIpc) is 2.97. The molecule has 0 unspecified atom stereocenters. The summed E-state index contributed by atoms with van der Waals surface area (Å²) in [6.45, 7) is 2.64. The Morgan fingerprint density at radius 2 is 2.10 bits per heavy atom. The molecule has 1 aromatic heterocycles. The molecular formula is C13H18N4O3. The summed E-state index contributed by atoms with van der Waals surface area (Å²) < 4.78 is 7.78. The molecule has 108 valence electrons. The van der Waals surface area contributed by atoms with E-state index in [1.165, 1.54) is 18.7 Å². The van der Waals surface area contributed by atoms with Gasteiger partial charge in [0.1, 0.15) is 11.9 Å². The Balaban J connectivity index is 2.43. The molecule has 1 saturated heterocycles. The summed E-state index contributed by atoms with van der Waals surface area (Å²) in [5.74, 6) is 0.253. The van der Waals surface area contributed by atoms with Crippen LogP contribution in [0, 0.1) is 11.3 Å². The maximum absolute atomic E-state index is 12.0. The van der Waals surface area contributed by atoms with Gasteiger partial charge in [0, 0.05) is 20.7 Å². The number of nitriles is 1. The Kier molecular flexibility index (Phi) is 3.95. The zero-order valence-electron chi connectivity index (χ0n) is 11.8. The van der Waals surface area contributed by atoms with E-state index in [0.717, 1.165) is 24.0 Å². The number of anilines is 1. The second-order valence-corrected chi connectivity index (χ2v) is 5.03. The van der Waals surface area contributed by atoms with E-state index in [1.807, 2.05) is 13.0 Å². The Bertz CT molecular complexity index is 662. The van der Waals surface area contributed by atoms with E-state index in [0.29, 0.717) is 0 Å². The number of nitrogens with zero attached hydrogens (tertiary/aromatic N) is 3. The third-order valence-electron chi connectivity index (χ3n) is 3.66. The minimum absolute atomic E-state index is 0.0284. The van der Waals surface area contributed by atoms with E-state index >= 15 is 0 Å². The van der Waals surface area contributed by atoms with Crippen molar-refractivity contribution in [3.8, 4) is 6.07 Å². The molecule has 2 heterocycles. The molecule has 0 spiro atoms. The lowest BCUT2D eigenvalue weighted by molar-refractivity contribution is 0.0994. The highest BCUT2D eigenvalue weighted by Gasteiger charge is 2.25. The fourth-order valence-corrected chi connectivity index (χ4v) is 2.42. The largest absolute Gasteiger partial charge is 0.376 e. The van der Waals surface area contributed by atoms with Crippen LogP contribution in [-0.2, 0) is 18.8 Å². The van der Waals surface area contributed by atoms with Gasteiger partial charge in [-0.1, -0.05) is 0 Å². The summed E-state index contributed by atoms with van der Waals surface area (Å²) in [7, 11) is 2.89. The van der Waals surface area contributed by atoms with Crippen LogP contribution in [0.15, 0.2) is 9.59 Å². The minimum Gasteiger partial charge on any atom is -0.376 e. The van der Waals surface area contributed by atoms with E-state index in [2.05, 4.69) is 5.32 Å². The first-order valence-electron chi connectivity index (χ1n) is 6.55. The molecule has 7 nitrogen and oxygen atoms in total. The molecule has 1 aromatic rings. The summed E-state index contributed by atoms with van der Waals surface area (Å²) >= 11 is 0. The zero-order chi connectivity index (χ0) is 14.9. The standard InChI is InChI=1S/C13H18N4O3/c1-8(10-5-4-6-20-10)15-11-9(7-14)12(18)17(3)13(19)16(11)2/h8,10,15H,4-6H2,1-3H3/t8-,10+/m1/s1. The molecule has 0 saturated carbocycles. The summed E-state index contributed by atoms with van der Waals surface area (Å²) in [6.07, 6.45) is 1.95. The van der Waals surface area contributed by atoms with Gasteiger partial charge in [-0.3, -0.25) is 13.9 Å². The summed E-state index contributed by atoms with van der Waals surface area (Å²) in [5.41, 5.74) is -1.10. The second kappa shape index (κ2) is 5.51. The molecule has 1 aliphatic heterocycles. The van der Waals surface area contributed by atoms with Crippen LogP contribution in [-0.4, -0.2) is 27.9 Å². The van der Waals surface area contributed by atoms with Crippen LogP contribution in [0.3, 0.4) is 0 Å². The van der Waals surface area contributed by atoms with Gasteiger partial charge in [0.15, 0.2) is 5.56 Å². The van der Waals surface area contributed by atoms with Crippen molar-refractivity contribution in [3.05, 3.63) is 26.4 Å². The highest BCUT2D eigenvalue weighted by atomic mass is 16.5. The Labute approximate surface area is 116 Å². The van der Waals surface area contributed by atoms with Crippen LogP contribution in [0.25, 0.3) is 0 Å². The van der Waals surface area contributed by atoms with Gasteiger partial charge in [-0.15, -0.1) is 0 Å². The first-order valence-corrected chi connectivity index (χ1v) is 6.55. The molecule has 2 atom stereocenters. The van der Waals surface area contributed by atoms with E-state index in [-0.39, 0.29) is 23.5 Å². The van der Waals surface area contributed by atoms with Crippen LogP contribution in [0.2, 0.25) is 0 Å². The van der Waals surface area contributed by atoms with Crippen LogP contribution < -0.4 is 16.6 Å². The average molecular weight is 278 g/mol. The van der Waals surface area contributed by atoms with Crippen molar-refractivity contribution in [1.82, 2.24) is 9.13 Å². The smallest absolute Gasteiger partial charge is 0.332 e. The van der Waals surface area contributed by atoms with E-state index in [4.69, 9.17) is 10.00 Å². The number of aromatic nitrogens is 2. The van der Waals surface area contributed by atoms with Gasteiger partial charge in [-0.2, -0.15) is 5.26 Å². The van der Waals surface area contributed by atoms with Gasteiger partial charge in [-0.05, 0) is 19.8 Å². The van der Waals surface area contributed by atoms with E-state index in [9.17, 15) is 9.59 Å². The van der Waals surface area contributed by atoms with Gasteiger partial charge < -0.3 is 10.1 Å². The van der Waals surface area contributed by atoms with Crippen molar-refractivity contribution < 1.29 is 4.74 Å². The number of hydrogen-bond acceptors (Lipinski definition) is 5. The molecular weight excluding hydrogens is 260 g/mol. The molecule has 1 fully saturated rings. The number of nitrogens with one attached hydrogen (secondary N) is 1. The van der Waals surface area contributed by atoms with Gasteiger partial charge in [0.05, 0.1) is 12.1 Å². The number of ether oxygens (including phenoxy) is 1. The summed E-state index contributed by atoms with van der Waals surface area (Å²) in [5, 5.41) is 12.2.